The number of hydrogen-bond acceptors (Lipinski definition) is 5. The zero-order valence-electron chi connectivity index (χ0n) is 19.1. The fourth-order valence-corrected chi connectivity index (χ4v) is 4.70. The van der Waals surface area contributed by atoms with Gasteiger partial charge in [0.25, 0.3) is 5.56 Å². The van der Waals surface area contributed by atoms with E-state index in [2.05, 4.69) is 21.7 Å². The van der Waals surface area contributed by atoms with E-state index in [1.54, 1.807) is 7.05 Å². The first kappa shape index (κ1) is 23.9. The summed E-state index contributed by atoms with van der Waals surface area (Å²) in [5, 5.41) is 1.13. The molecule has 0 spiro atoms. The maximum absolute atomic E-state index is 12.7. The third kappa shape index (κ3) is 5.13. The number of aryl methyl sites for hydroxylation is 2. The lowest BCUT2D eigenvalue weighted by atomic mass is 10.2. The Morgan fingerprint density at radius 2 is 1.79 bits per heavy atom. The third-order valence-electron chi connectivity index (χ3n) is 6.27. The molecule has 1 aliphatic heterocycles. The Bertz CT molecular complexity index is 1240. The molecule has 0 bridgehead atoms. The molecule has 0 aliphatic carbocycles. The van der Waals surface area contributed by atoms with Crippen molar-refractivity contribution in [2.45, 2.75) is 45.7 Å². The predicted octanol–water partition coefficient (Wildman–Crippen LogP) is 3.63. The van der Waals surface area contributed by atoms with Crippen molar-refractivity contribution < 1.29 is 0 Å². The number of unbranched alkanes of at least 4 members (excludes halogenated alkanes) is 3. The highest BCUT2D eigenvalue weighted by Gasteiger charge is 2.25. The summed E-state index contributed by atoms with van der Waals surface area (Å²) < 4.78 is 3.42. The molecule has 2 aromatic heterocycles. The van der Waals surface area contributed by atoms with E-state index >= 15 is 0 Å². The average Bonchev–Trinajstić information content (AvgIpc) is 3.18. The number of rotatable bonds is 8. The maximum Gasteiger partial charge on any atom is 0.329 e. The summed E-state index contributed by atoms with van der Waals surface area (Å²) in [4.78, 5) is 36.6. The van der Waals surface area contributed by atoms with Gasteiger partial charge in [0.1, 0.15) is 0 Å². The Kier molecular flexibility index (Phi) is 7.46. The first-order chi connectivity index (χ1) is 15.9. The Hall–Kier alpha value is -2.29. The summed E-state index contributed by atoms with van der Waals surface area (Å²) in [5.41, 5.74) is 1.22. The van der Waals surface area contributed by atoms with Crippen LogP contribution in [0, 0.1) is 0 Å². The predicted molar refractivity (Wildman–Crippen MR) is 134 cm³/mol. The lowest BCUT2D eigenvalue weighted by Gasteiger charge is -2.35. The van der Waals surface area contributed by atoms with Gasteiger partial charge >= 0.3 is 5.69 Å². The Labute approximate surface area is 202 Å². The molecule has 3 heterocycles. The number of nitrogens with one attached hydrogen (secondary N) is 1. The van der Waals surface area contributed by atoms with Crippen LogP contribution in [0.4, 0.5) is 5.95 Å². The number of halogens is 2. The van der Waals surface area contributed by atoms with Crippen LogP contribution in [-0.2, 0) is 20.1 Å². The van der Waals surface area contributed by atoms with Crippen molar-refractivity contribution in [1.29, 1.82) is 0 Å². The number of imidazole rings is 1. The number of anilines is 1. The monoisotopic (exact) mass is 492 g/mol. The highest BCUT2D eigenvalue weighted by atomic mass is 35.5. The van der Waals surface area contributed by atoms with Gasteiger partial charge in [-0.1, -0.05) is 55.5 Å². The molecule has 10 heteroatoms. The van der Waals surface area contributed by atoms with Crippen LogP contribution >= 0.6 is 23.2 Å². The summed E-state index contributed by atoms with van der Waals surface area (Å²) in [6, 6.07) is 5.75. The van der Waals surface area contributed by atoms with Gasteiger partial charge in [-0.3, -0.25) is 19.2 Å². The lowest BCUT2D eigenvalue weighted by molar-refractivity contribution is 0.248. The van der Waals surface area contributed by atoms with E-state index in [1.807, 2.05) is 22.8 Å². The molecule has 1 fully saturated rings. The van der Waals surface area contributed by atoms with E-state index in [1.165, 1.54) is 4.57 Å². The lowest BCUT2D eigenvalue weighted by Crippen LogP contribution is -2.46. The number of nitrogens with zero attached hydrogens (tertiary/aromatic N) is 5. The molecule has 1 aromatic carbocycles. The topological polar surface area (TPSA) is 79.2 Å². The van der Waals surface area contributed by atoms with E-state index in [-0.39, 0.29) is 5.56 Å². The Morgan fingerprint density at radius 3 is 2.48 bits per heavy atom. The molecule has 1 N–H and O–H groups in total. The van der Waals surface area contributed by atoms with E-state index < -0.39 is 5.69 Å². The van der Waals surface area contributed by atoms with Crippen LogP contribution in [0.1, 0.15) is 38.2 Å². The fourth-order valence-electron chi connectivity index (χ4n) is 4.38. The van der Waals surface area contributed by atoms with E-state index in [4.69, 9.17) is 28.2 Å². The van der Waals surface area contributed by atoms with Crippen molar-refractivity contribution in [1.82, 2.24) is 24.0 Å². The van der Waals surface area contributed by atoms with Gasteiger partial charge < -0.3 is 9.47 Å². The van der Waals surface area contributed by atoms with E-state index in [0.717, 1.165) is 69.9 Å². The van der Waals surface area contributed by atoms with Crippen LogP contribution in [0.2, 0.25) is 10.0 Å². The normalized spacial score (nSPS) is 15.0. The fraction of sp³-hybridized carbons (Fsp3) is 0.522. The minimum Gasteiger partial charge on any atom is -0.340 e. The Morgan fingerprint density at radius 1 is 1.03 bits per heavy atom. The van der Waals surface area contributed by atoms with E-state index in [9.17, 15) is 9.59 Å². The quantitative estimate of drug-likeness (QED) is 0.485. The summed E-state index contributed by atoms with van der Waals surface area (Å²) in [6.07, 6.45) is 4.36. The second-order valence-electron chi connectivity index (χ2n) is 8.63. The number of H-pyrrole nitrogens is 1. The molecular formula is C23H30Cl2N6O2. The summed E-state index contributed by atoms with van der Waals surface area (Å²) in [5.74, 6) is 0.766. The maximum atomic E-state index is 12.7. The van der Waals surface area contributed by atoms with Gasteiger partial charge in [0.05, 0.1) is 10.0 Å². The molecule has 4 rings (SSSR count). The number of hydrogen-bond donors (Lipinski definition) is 1. The van der Waals surface area contributed by atoms with Gasteiger partial charge in [0.2, 0.25) is 5.95 Å². The standard InChI is InChI=1S/C23H30Cl2N6O2/c1-3-4-5-6-9-31-19-20(28(2)23(33)27-21(19)32)26-22(31)30-12-10-29(11-13-30)15-16-7-8-17(24)18(25)14-16/h7-8,14H,3-6,9-13,15H2,1-2H3,(H,27,32,33). The second-order valence-corrected chi connectivity index (χ2v) is 9.44. The van der Waals surface area contributed by atoms with Crippen LogP contribution in [0.5, 0.6) is 0 Å². The minimum absolute atomic E-state index is 0.374. The number of aromatic nitrogens is 4. The van der Waals surface area contributed by atoms with Crippen molar-refractivity contribution in [3.63, 3.8) is 0 Å². The minimum atomic E-state index is -0.443. The molecule has 8 nitrogen and oxygen atoms in total. The summed E-state index contributed by atoms with van der Waals surface area (Å²) in [6.45, 7) is 6.96. The molecule has 0 amide bonds. The molecule has 0 unspecified atom stereocenters. The van der Waals surface area contributed by atoms with Gasteiger partial charge in [0.15, 0.2) is 11.2 Å². The van der Waals surface area contributed by atoms with E-state index in [0.29, 0.717) is 27.8 Å². The van der Waals surface area contributed by atoms with Crippen molar-refractivity contribution >= 4 is 40.3 Å². The third-order valence-corrected chi connectivity index (χ3v) is 7.01. The van der Waals surface area contributed by atoms with Crippen LogP contribution < -0.4 is 16.1 Å². The molecule has 3 aromatic rings. The van der Waals surface area contributed by atoms with Gasteiger partial charge in [-0.15, -0.1) is 0 Å². The summed E-state index contributed by atoms with van der Waals surface area (Å²) in [7, 11) is 1.65. The smallest absolute Gasteiger partial charge is 0.329 e. The Balaban J connectivity index is 1.55. The number of benzene rings is 1. The zero-order valence-corrected chi connectivity index (χ0v) is 20.6. The molecule has 178 valence electrons. The highest BCUT2D eigenvalue weighted by Crippen LogP contribution is 2.25. The largest absolute Gasteiger partial charge is 0.340 e. The van der Waals surface area contributed by atoms with Crippen LogP contribution in [0.25, 0.3) is 11.2 Å². The molecule has 0 saturated carbocycles. The van der Waals surface area contributed by atoms with Gasteiger partial charge in [-0.2, -0.15) is 4.98 Å². The van der Waals surface area contributed by atoms with Gasteiger partial charge in [0, 0.05) is 46.3 Å². The molecule has 0 atom stereocenters. The van der Waals surface area contributed by atoms with Crippen molar-refractivity contribution in [2.75, 3.05) is 31.1 Å². The SMILES string of the molecule is CCCCCCn1c(N2CCN(Cc3ccc(Cl)c(Cl)c3)CC2)nc2c1c(=O)[nH]c(=O)n2C. The van der Waals surface area contributed by atoms with Crippen molar-refractivity contribution in [2.24, 2.45) is 7.05 Å². The van der Waals surface area contributed by atoms with Crippen LogP contribution in [0.15, 0.2) is 27.8 Å². The van der Waals surface area contributed by atoms with Crippen LogP contribution in [0.3, 0.4) is 0 Å². The number of fused-ring (bicyclic) bond motifs is 1. The molecule has 1 saturated heterocycles. The highest BCUT2D eigenvalue weighted by molar-refractivity contribution is 6.42. The van der Waals surface area contributed by atoms with Crippen LogP contribution in [-0.4, -0.2) is 50.2 Å². The van der Waals surface area contributed by atoms with Gasteiger partial charge in [-0.05, 0) is 24.1 Å². The van der Waals surface area contributed by atoms with Crippen molar-refractivity contribution in [3.8, 4) is 0 Å². The molecule has 0 radical (unpaired) electrons. The zero-order chi connectivity index (χ0) is 23.5. The van der Waals surface area contributed by atoms with Gasteiger partial charge in [-0.25, -0.2) is 4.79 Å². The summed E-state index contributed by atoms with van der Waals surface area (Å²) >= 11 is 12.2. The number of piperazine rings is 1. The molecule has 1 aliphatic rings. The second kappa shape index (κ2) is 10.3. The van der Waals surface area contributed by atoms with Crippen molar-refractivity contribution in [3.05, 3.63) is 54.6 Å². The molecular weight excluding hydrogens is 463 g/mol. The first-order valence-corrected chi connectivity index (χ1v) is 12.3. The first-order valence-electron chi connectivity index (χ1n) is 11.5. The molecule has 33 heavy (non-hydrogen) atoms. The number of aromatic amines is 1. The average molecular weight is 493 g/mol.